The average molecular weight is 278 g/mol. The Morgan fingerprint density at radius 1 is 0.765 bits per heavy atom. The van der Waals surface area contributed by atoms with Crippen LogP contribution >= 0.6 is 0 Å². The number of alkyl halides is 10. The molecule has 0 bridgehead atoms. The molecule has 0 rings (SSSR count). The van der Waals surface area contributed by atoms with Gasteiger partial charge in [-0.15, -0.1) is 0 Å². The quantitative estimate of drug-likeness (QED) is 0.539. The van der Waals surface area contributed by atoms with E-state index in [0.717, 1.165) is 0 Å². The third-order valence-electron chi connectivity index (χ3n) is 1.72. The zero-order valence-electron chi connectivity index (χ0n) is 7.64. The highest BCUT2D eigenvalue weighted by atomic mass is 19.4. The van der Waals surface area contributed by atoms with Crippen LogP contribution in [0.15, 0.2) is 12.7 Å². The smallest absolute Gasteiger partial charge is 0.233 e. The summed E-state index contributed by atoms with van der Waals surface area (Å²) in [5.74, 6) is -18.4. The maximum atomic E-state index is 12.4. The topological polar surface area (TPSA) is 0 Å². The molecule has 0 aromatic rings. The van der Waals surface area contributed by atoms with Crippen molar-refractivity contribution in [1.29, 1.82) is 0 Å². The van der Waals surface area contributed by atoms with Gasteiger partial charge >= 0.3 is 23.9 Å². The second kappa shape index (κ2) is 4.05. The lowest BCUT2D eigenvalue weighted by molar-refractivity contribution is -0.345. The van der Waals surface area contributed by atoms with Gasteiger partial charge in [-0.05, 0) is 6.08 Å². The van der Waals surface area contributed by atoms with Crippen LogP contribution < -0.4 is 0 Å². The molecule has 0 amide bonds. The second-order valence-electron chi connectivity index (χ2n) is 2.93. The minimum atomic E-state index is -6.72. The lowest BCUT2D eigenvalue weighted by Crippen LogP contribution is -2.58. The lowest BCUT2D eigenvalue weighted by Gasteiger charge is -2.31. The first kappa shape index (κ1) is 16.0. The van der Waals surface area contributed by atoms with Gasteiger partial charge in [0.1, 0.15) is 0 Å². The van der Waals surface area contributed by atoms with Crippen LogP contribution in [-0.4, -0.2) is 30.1 Å². The first-order chi connectivity index (χ1) is 7.22. The maximum absolute atomic E-state index is 12.4. The summed E-state index contributed by atoms with van der Waals surface area (Å²) in [4.78, 5) is 0. The summed E-state index contributed by atoms with van der Waals surface area (Å²) in [5, 5.41) is 0. The van der Waals surface area contributed by atoms with E-state index in [-0.39, 0.29) is 0 Å². The fourth-order valence-electron chi connectivity index (χ4n) is 0.676. The van der Waals surface area contributed by atoms with Crippen LogP contribution in [0, 0.1) is 0 Å². The van der Waals surface area contributed by atoms with E-state index in [9.17, 15) is 43.9 Å². The Hall–Kier alpha value is -0.960. The van der Waals surface area contributed by atoms with E-state index in [1.165, 1.54) is 0 Å². The van der Waals surface area contributed by atoms with Crippen molar-refractivity contribution in [3.8, 4) is 0 Å². The Bertz CT molecular complexity index is 288. The molecule has 0 aliphatic heterocycles. The highest BCUT2D eigenvalue weighted by Gasteiger charge is 2.75. The van der Waals surface area contributed by atoms with Crippen molar-refractivity contribution in [2.24, 2.45) is 0 Å². The SMILES string of the molecule is C=CC(F)(F)C(F)(F)C(F)C(F)(F)C(F)(F)F. The number of rotatable bonds is 4. The van der Waals surface area contributed by atoms with Crippen LogP contribution in [0.2, 0.25) is 0 Å². The third-order valence-corrected chi connectivity index (χ3v) is 1.72. The molecule has 0 heterocycles. The van der Waals surface area contributed by atoms with Gasteiger partial charge in [-0.3, -0.25) is 0 Å². The summed E-state index contributed by atoms with van der Waals surface area (Å²) >= 11 is 0. The van der Waals surface area contributed by atoms with Crippen molar-refractivity contribution in [3.63, 3.8) is 0 Å². The summed E-state index contributed by atoms with van der Waals surface area (Å²) in [5.41, 5.74) is 0. The monoisotopic (exact) mass is 278 g/mol. The zero-order chi connectivity index (χ0) is 14.3. The molecule has 0 aromatic heterocycles. The predicted octanol–water partition coefficient (Wildman–Crippen LogP) is 3.98. The summed E-state index contributed by atoms with van der Waals surface area (Å²) in [6, 6.07) is 0. The molecule has 102 valence electrons. The van der Waals surface area contributed by atoms with Gasteiger partial charge in [0.2, 0.25) is 6.17 Å². The highest BCUT2D eigenvalue weighted by molar-refractivity contribution is 5.06. The van der Waals surface area contributed by atoms with Gasteiger partial charge in [0.25, 0.3) is 0 Å². The number of halogens is 10. The molecule has 0 aliphatic carbocycles. The van der Waals surface area contributed by atoms with E-state index in [2.05, 4.69) is 6.58 Å². The van der Waals surface area contributed by atoms with Crippen LogP contribution in [0.4, 0.5) is 43.9 Å². The van der Waals surface area contributed by atoms with Crippen molar-refractivity contribution < 1.29 is 43.9 Å². The Balaban J connectivity index is 5.46. The molecule has 0 saturated heterocycles. The minimum absolute atomic E-state index is 0.911. The van der Waals surface area contributed by atoms with Crippen molar-refractivity contribution in [2.45, 2.75) is 30.1 Å². The van der Waals surface area contributed by atoms with E-state index >= 15 is 0 Å². The van der Waals surface area contributed by atoms with E-state index in [0.29, 0.717) is 0 Å². The molecule has 1 unspecified atom stereocenters. The number of hydrogen-bond donors (Lipinski definition) is 0. The summed E-state index contributed by atoms with van der Waals surface area (Å²) in [7, 11) is 0. The zero-order valence-corrected chi connectivity index (χ0v) is 7.64. The normalized spacial score (nSPS) is 16.8. The third kappa shape index (κ3) is 2.49. The van der Waals surface area contributed by atoms with E-state index in [1.807, 2.05) is 0 Å². The second-order valence-corrected chi connectivity index (χ2v) is 2.93. The minimum Gasteiger partial charge on any atom is -0.233 e. The fourth-order valence-corrected chi connectivity index (χ4v) is 0.676. The van der Waals surface area contributed by atoms with Crippen molar-refractivity contribution in [1.82, 2.24) is 0 Å². The molecule has 0 aliphatic rings. The van der Waals surface area contributed by atoms with Gasteiger partial charge in [-0.25, -0.2) is 4.39 Å². The maximum Gasteiger partial charge on any atom is 0.456 e. The first-order valence-corrected chi connectivity index (χ1v) is 3.69. The van der Waals surface area contributed by atoms with E-state index < -0.39 is 36.2 Å². The molecular weight excluding hydrogens is 274 g/mol. The molecule has 0 spiro atoms. The number of allylic oxidation sites excluding steroid dienone is 1. The average Bonchev–Trinajstić information content (AvgIpc) is 2.14. The van der Waals surface area contributed by atoms with Gasteiger partial charge in [0, 0.05) is 0 Å². The summed E-state index contributed by atoms with van der Waals surface area (Å²) in [6.45, 7) is 2.10. The van der Waals surface area contributed by atoms with Crippen LogP contribution in [0.1, 0.15) is 0 Å². The molecule has 0 radical (unpaired) electrons. The number of hydrogen-bond acceptors (Lipinski definition) is 0. The van der Waals surface area contributed by atoms with Gasteiger partial charge in [-0.2, -0.15) is 39.5 Å². The summed E-state index contributed by atoms with van der Waals surface area (Å²) in [6.07, 6.45) is -13.1. The van der Waals surface area contributed by atoms with E-state index in [4.69, 9.17) is 0 Å². The first-order valence-electron chi connectivity index (χ1n) is 3.69. The molecular formula is C7H4F10. The molecule has 0 aromatic carbocycles. The van der Waals surface area contributed by atoms with Gasteiger partial charge in [0.05, 0.1) is 0 Å². The van der Waals surface area contributed by atoms with Crippen molar-refractivity contribution in [2.75, 3.05) is 0 Å². The van der Waals surface area contributed by atoms with Gasteiger partial charge < -0.3 is 0 Å². The van der Waals surface area contributed by atoms with Crippen molar-refractivity contribution in [3.05, 3.63) is 12.7 Å². The van der Waals surface area contributed by atoms with Gasteiger partial charge in [0.15, 0.2) is 0 Å². The molecule has 0 fully saturated rings. The molecule has 0 N–H and O–H groups in total. The highest BCUT2D eigenvalue weighted by Crippen LogP contribution is 2.49. The standard InChI is InChI=1S/C7H4F10/c1-2-4(9,10)5(11,12)3(8)6(13,14)7(15,16)17/h2-3H,1H2. The van der Waals surface area contributed by atoms with E-state index in [1.54, 1.807) is 0 Å². The lowest BCUT2D eigenvalue weighted by atomic mass is 10.0. The Labute approximate surface area is 87.9 Å². The Kier molecular flexibility index (Phi) is 3.83. The Morgan fingerprint density at radius 2 is 1.12 bits per heavy atom. The molecule has 17 heavy (non-hydrogen) atoms. The molecule has 10 heteroatoms. The van der Waals surface area contributed by atoms with Crippen LogP contribution in [-0.2, 0) is 0 Å². The molecule has 0 saturated carbocycles. The summed E-state index contributed by atoms with van der Waals surface area (Å²) < 4.78 is 121. The van der Waals surface area contributed by atoms with Gasteiger partial charge in [-0.1, -0.05) is 6.58 Å². The predicted molar refractivity (Wildman–Crippen MR) is 36.0 cm³/mol. The van der Waals surface area contributed by atoms with Crippen LogP contribution in [0.3, 0.4) is 0 Å². The van der Waals surface area contributed by atoms with Crippen LogP contribution in [0.25, 0.3) is 0 Å². The largest absolute Gasteiger partial charge is 0.456 e. The fraction of sp³-hybridized carbons (Fsp3) is 0.714. The Morgan fingerprint density at radius 3 is 1.35 bits per heavy atom. The van der Waals surface area contributed by atoms with Crippen molar-refractivity contribution >= 4 is 0 Å². The van der Waals surface area contributed by atoms with Crippen LogP contribution in [0.5, 0.6) is 0 Å². The molecule has 1 atom stereocenters. The molecule has 0 nitrogen and oxygen atoms in total.